The van der Waals surface area contributed by atoms with Gasteiger partial charge in [0.1, 0.15) is 11.2 Å². The van der Waals surface area contributed by atoms with Crippen molar-refractivity contribution in [1.82, 2.24) is 15.0 Å². The molecule has 0 saturated carbocycles. The average molecular weight is 652 g/mol. The third-order valence-corrected chi connectivity index (χ3v) is 9.71. The zero-order valence-corrected chi connectivity index (χ0v) is 27.5. The summed E-state index contributed by atoms with van der Waals surface area (Å²) in [7, 11) is 0. The Morgan fingerprint density at radius 1 is 0.333 bits per heavy atom. The normalized spacial score (nSPS) is 11.5. The van der Waals surface area contributed by atoms with Crippen molar-refractivity contribution in [3.05, 3.63) is 176 Å². The highest BCUT2D eigenvalue weighted by atomic mass is 16.3. The van der Waals surface area contributed by atoms with Crippen LogP contribution in [0.3, 0.4) is 0 Å². The first-order valence-electron chi connectivity index (χ1n) is 17.1. The predicted octanol–water partition coefficient (Wildman–Crippen LogP) is 12.4. The van der Waals surface area contributed by atoms with Crippen LogP contribution in [0, 0.1) is 0 Å². The fraction of sp³-hybridized carbons (Fsp3) is 0. The predicted molar refractivity (Wildman–Crippen MR) is 209 cm³/mol. The molecule has 2 aromatic heterocycles. The number of aromatic nitrogens is 3. The van der Waals surface area contributed by atoms with Gasteiger partial charge in [0.2, 0.25) is 0 Å². The maximum atomic E-state index is 6.72. The maximum Gasteiger partial charge on any atom is 0.164 e. The molecule has 10 aromatic rings. The molecule has 0 atom stereocenters. The fourth-order valence-electron chi connectivity index (χ4n) is 7.34. The minimum absolute atomic E-state index is 0.623. The van der Waals surface area contributed by atoms with E-state index in [0.717, 1.165) is 55.1 Å². The molecule has 0 bridgehead atoms. The van der Waals surface area contributed by atoms with Gasteiger partial charge in [-0.15, -0.1) is 0 Å². The van der Waals surface area contributed by atoms with Crippen LogP contribution in [0.25, 0.3) is 99.9 Å². The molecule has 0 radical (unpaired) electrons. The lowest BCUT2D eigenvalue weighted by molar-refractivity contribution is 0.673. The van der Waals surface area contributed by atoms with Gasteiger partial charge in [-0.25, -0.2) is 15.0 Å². The lowest BCUT2D eigenvalue weighted by Crippen LogP contribution is -2.00. The number of hydrogen-bond donors (Lipinski definition) is 0. The van der Waals surface area contributed by atoms with Crippen molar-refractivity contribution >= 4 is 43.5 Å². The number of fused-ring (bicyclic) bond motifs is 6. The SMILES string of the molecule is c1ccc(-c2nc(-c3ccccc3)nc(-c3cccc(-c4cccc5oc6c7ccccc7c(-c7cccc8ccccc78)cc6c45)c3)n2)cc1. The first-order valence-corrected chi connectivity index (χ1v) is 17.1. The van der Waals surface area contributed by atoms with Crippen LogP contribution < -0.4 is 0 Å². The molecular weight excluding hydrogens is 623 g/mol. The van der Waals surface area contributed by atoms with Crippen molar-refractivity contribution in [3.63, 3.8) is 0 Å². The largest absolute Gasteiger partial charge is 0.455 e. The number of furan rings is 1. The maximum absolute atomic E-state index is 6.72. The fourth-order valence-corrected chi connectivity index (χ4v) is 7.34. The van der Waals surface area contributed by atoms with E-state index in [-0.39, 0.29) is 0 Å². The standard InChI is InChI=1S/C47H29N3O/c1-3-15-31(16-4-1)45-48-46(32-17-5-2-6-18-32)50-47(49-45)34-21-11-20-33(28-34)36-25-13-27-42-43(36)41-29-40(38-23-9-10-24-39(38)44(41)51-42)37-26-12-19-30-14-7-8-22-35(30)37/h1-29H. The molecule has 51 heavy (non-hydrogen) atoms. The van der Waals surface area contributed by atoms with Gasteiger partial charge in [0, 0.05) is 32.8 Å². The minimum Gasteiger partial charge on any atom is -0.455 e. The molecule has 2 heterocycles. The summed E-state index contributed by atoms with van der Waals surface area (Å²) in [6, 6.07) is 61.0. The van der Waals surface area contributed by atoms with Crippen molar-refractivity contribution in [3.8, 4) is 56.4 Å². The summed E-state index contributed by atoms with van der Waals surface area (Å²) < 4.78 is 6.72. The molecule has 8 aromatic carbocycles. The molecule has 0 amide bonds. The van der Waals surface area contributed by atoms with Gasteiger partial charge in [-0.3, -0.25) is 0 Å². The monoisotopic (exact) mass is 651 g/mol. The lowest BCUT2D eigenvalue weighted by atomic mass is 9.91. The van der Waals surface area contributed by atoms with E-state index in [1.807, 2.05) is 60.7 Å². The topological polar surface area (TPSA) is 51.8 Å². The molecule has 238 valence electrons. The zero-order valence-electron chi connectivity index (χ0n) is 27.5. The smallest absolute Gasteiger partial charge is 0.164 e. The van der Waals surface area contributed by atoms with Gasteiger partial charge < -0.3 is 4.42 Å². The highest BCUT2D eigenvalue weighted by Crippen LogP contribution is 2.44. The van der Waals surface area contributed by atoms with Crippen molar-refractivity contribution in [2.75, 3.05) is 0 Å². The number of nitrogens with zero attached hydrogens (tertiary/aromatic N) is 3. The quantitative estimate of drug-likeness (QED) is 0.186. The summed E-state index contributed by atoms with van der Waals surface area (Å²) >= 11 is 0. The Balaban J connectivity index is 1.19. The Morgan fingerprint density at radius 2 is 0.863 bits per heavy atom. The summed E-state index contributed by atoms with van der Waals surface area (Å²) in [5.74, 6) is 1.90. The molecule has 4 nitrogen and oxygen atoms in total. The third-order valence-electron chi connectivity index (χ3n) is 9.71. The molecule has 0 aliphatic rings. The van der Waals surface area contributed by atoms with Crippen LogP contribution in [-0.4, -0.2) is 15.0 Å². The lowest BCUT2D eigenvalue weighted by Gasteiger charge is -2.12. The molecular formula is C47H29N3O. The van der Waals surface area contributed by atoms with Crippen molar-refractivity contribution < 1.29 is 4.42 Å². The van der Waals surface area contributed by atoms with E-state index in [9.17, 15) is 0 Å². The minimum atomic E-state index is 0.623. The second-order valence-electron chi connectivity index (χ2n) is 12.8. The van der Waals surface area contributed by atoms with Crippen molar-refractivity contribution in [2.45, 2.75) is 0 Å². The van der Waals surface area contributed by atoms with Crippen LogP contribution in [0.2, 0.25) is 0 Å². The second-order valence-corrected chi connectivity index (χ2v) is 12.8. The van der Waals surface area contributed by atoms with E-state index in [2.05, 4.69) is 115 Å². The molecule has 4 heteroatoms. The number of hydrogen-bond acceptors (Lipinski definition) is 4. The summed E-state index contributed by atoms with van der Waals surface area (Å²) in [6.07, 6.45) is 0. The van der Waals surface area contributed by atoms with Crippen LogP contribution >= 0.6 is 0 Å². The molecule has 0 aliphatic heterocycles. The van der Waals surface area contributed by atoms with Crippen LogP contribution in [-0.2, 0) is 0 Å². The first-order chi connectivity index (χ1) is 25.3. The van der Waals surface area contributed by atoms with E-state index < -0.39 is 0 Å². The van der Waals surface area contributed by atoms with E-state index in [1.165, 1.54) is 27.3 Å². The molecule has 0 aliphatic carbocycles. The van der Waals surface area contributed by atoms with E-state index >= 15 is 0 Å². The Bertz CT molecular complexity index is 2850. The van der Waals surface area contributed by atoms with Gasteiger partial charge in [0.15, 0.2) is 17.5 Å². The van der Waals surface area contributed by atoms with Gasteiger partial charge in [-0.1, -0.05) is 158 Å². The zero-order chi connectivity index (χ0) is 33.7. The molecule has 0 saturated heterocycles. The van der Waals surface area contributed by atoms with Crippen molar-refractivity contribution in [2.24, 2.45) is 0 Å². The first kappa shape index (κ1) is 29.0. The highest BCUT2D eigenvalue weighted by molar-refractivity contribution is 6.23. The van der Waals surface area contributed by atoms with Crippen LogP contribution in [0.15, 0.2) is 180 Å². The van der Waals surface area contributed by atoms with Gasteiger partial charge in [0.05, 0.1) is 0 Å². The van der Waals surface area contributed by atoms with E-state index in [0.29, 0.717) is 17.5 Å². The van der Waals surface area contributed by atoms with Crippen molar-refractivity contribution in [1.29, 1.82) is 0 Å². The van der Waals surface area contributed by atoms with Gasteiger partial charge in [-0.05, 0) is 56.6 Å². The Labute approximate surface area is 294 Å². The summed E-state index contributed by atoms with van der Waals surface area (Å²) in [6.45, 7) is 0. The van der Waals surface area contributed by atoms with Crippen LogP contribution in [0.1, 0.15) is 0 Å². The molecule has 0 spiro atoms. The van der Waals surface area contributed by atoms with Crippen LogP contribution in [0.5, 0.6) is 0 Å². The summed E-state index contributed by atoms with van der Waals surface area (Å²) in [5.41, 5.74) is 9.09. The number of rotatable bonds is 5. The Hall–Kier alpha value is -6.91. The van der Waals surface area contributed by atoms with Crippen LogP contribution in [0.4, 0.5) is 0 Å². The van der Waals surface area contributed by atoms with Gasteiger partial charge in [-0.2, -0.15) is 0 Å². The van der Waals surface area contributed by atoms with Gasteiger partial charge in [0.25, 0.3) is 0 Å². The number of benzene rings is 8. The molecule has 0 fully saturated rings. The summed E-state index contributed by atoms with van der Waals surface area (Å²) in [4.78, 5) is 14.9. The van der Waals surface area contributed by atoms with E-state index in [4.69, 9.17) is 19.4 Å². The Morgan fingerprint density at radius 3 is 1.61 bits per heavy atom. The Kier molecular flexibility index (Phi) is 6.78. The van der Waals surface area contributed by atoms with E-state index in [1.54, 1.807) is 0 Å². The summed E-state index contributed by atoms with van der Waals surface area (Å²) in [5, 5.41) is 6.89. The molecule has 0 N–H and O–H groups in total. The van der Waals surface area contributed by atoms with Gasteiger partial charge >= 0.3 is 0 Å². The molecule has 0 unspecified atom stereocenters. The third kappa shape index (κ3) is 4.96. The highest BCUT2D eigenvalue weighted by Gasteiger charge is 2.19. The average Bonchev–Trinajstić information content (AvgIpc) is 3.60. The molecule has 10 rings (SSSR count). The second kappa shape index (κ2) is 11.9.